The first-order chi connectivity index (χ1) is 8.06. The van der Waals surface area contributed by atoms with Crippen LogP contribution in [0.5, 0.6) is 0 Å². The summed E-state index contributed by atoms with van der Waals surface area (Å²) in [4.78, 5) is 0. The van der Waals surface area contributed by atoms with Crippen molar-refractivity contribution < 1.29 is 9.50 Å². The number of rotatable bonds is 3. The van der Waals surface area contributed by atoms with Crippen LogP contribution in [0.15, 0.2) is 30.6 Å². The van der Waals surface area contributed by atoms with E-state index in [2.05, 4.69) is 5.10 Å². The lowest BCUT2D eigenvalue weighted by atomic mass is 10.2. The number of aliphatic hydroxyl groups is 1. The van der Waals surface area contributed by atoms with E-state index in [1.165, 1.54) is 12.1 Å². The molecule has 0 saturated carbocycles. The smallest absolute Gasteiger partial charge is 0.128 e. The predicted octanol–water partition coefficient (Wildman–Crippen LogP) is 2.78. The first-order valence-electron chi connectivity index (χ1n) is 5.20. The van der Waals surface area contributed by atoms with Gasteiger partial charge in [0.15, 0.2) is 0 Å². The lowest BCUT2D eigenvalue weighted by molar-refractivity contribution is 0.199. The number of aliphatic hydroxyl groups excluding tert-OH is 1. The van der Waals surface area contributed by atoms with Gasteiger partial charge in [-0.3, -0.25) is 4.68 Å². The first-order valence-corrected chi connectivity index (χ1v) is 5.58. The fraction of sp³-hybridized carbons (Fsp3) is 0.250. The molecule has 0 radical (unpaired) electrons. The molecule has 0 aliphatic heterocycles. The topological polar surface area (TPSA) is 38.1 Å². The highest BCUT2D eigenvalue weighted by atomic mass is 35.5. The molecule has 1 atom stereocenters. The van der Waals surface area contributed by atoms with Crippen LogP contribution in [0.1, 0.15) is 24.2 Å². The van der Waals surface area contributed by atoms with Crippen molar-refractivity contribution in [3.63, 3.8) is 0 Å². The second kappa shape index (κ2) is 4.85. The van der Waals surface area contributed by atoms with E-state index in [9.17, 15) is 9.50 Å². The Labute approximate surface area is 103 Å². The van der Waals surface area contributed by atoms with E-state index in [0.29, 0.717) is 22.7 Å². The van der Waals surface area contributed by atoms with Crippen LogP contribution < -0.4 is 0 Å². The largest absolute Gasteiger partial charge is 0.389 e. The monoisotopic (exact) mass is 254 g/mol. The number of halogens is 2. The third-order valence-corrected chi connectivity index (χ3v) is 2.71. The summed E-state index contributed by atoms with van der Waals surface area (Å²) >= 11 is 5.80. The molecule has 0 bridgehead atoms. The highest BCUT2D eigenvalue weighted by Gasteiger charge is 2.07. The summed E-state index contributed by atoms with van der Waals surface area (Å²) in [5.74, 6) is -0.316. The Kier molecular flexibility index (Phi) is 3.45. The third-order valence-electron chi connectivity index (χ3n) is 2.48. The van der Waals surface area contributed by atoms with Crippen LogP contribution in [-0.4, -0.2) is 14.9 Å². The van der Waals surface area contributed by atoms with E-state index in [1.54, 1.807) is 30.1 Å². The average molecular weight is 255 g/mol. The van der Waals surface area contributed by atoms with Gasteiger partial charge in [0.2, 0.25) is 0 Å². The molecule has 0 saturated heterocycles. The van der Waals surface area contributed by atoms with Crippen molar-refractivity contribution in [2.75, 3.05) is 0 Å². The fourth-order valence-corrected chi connectivity index (χ4v) is 1.72. The Bertz CT molecular complexity index is 525. The maximum atomic E-state index is 13.5. The van der Waals surface area contributed by atoms with Gasteiger partial charge in [0, 0.05) is 22.3 Å². The Balaban J connectivity index is 2.22. The molecule has 1 aromatic heterocycles. The molecule has 1 unspecified atom stereocenters. The minimum atomic E-state index is -0.576. The van der Waals surface area contributed by atoms with Gasteiger partial charge in [-0.25, -0.2) is 4.39 Å². The zero-order chi connectivity index (χ0) is 12.4. The van der Waals surface area contributed by atoms with Crippen LogP contribution in [0.4, 0.5) is 4.39 Å². The van der Waals surface area contributed by atoms with Gasteiger partial charge in [0.1, 0.15) is 5.82 Å². The number of benzene rings is 1. The maximum absolute atomic E-state index is 13.5. The zero-order valence-electron chi connectivity index (χ0n) is 9.27. The van der Waals surface area contributed by atoms with Gasteiger partial charge in [-0.2, -0.15) is 5.10 Å². The molecule has 1 N–H and O–H groups in total. The quantitative estimate of drug-likeness (QED) is 0.915. The second-order valence-corrected chi connectivity index (χ2v) is 4.32. The summed E-state index contributed by atoms with van der Waals surface area (Å²) in [6.45, 7) is 1.94. The van der Waals surface area contributed by atoms with Crippen LogP contribution in [0.3, 0.4) is 0 Å². The van der Waals surface area contributed by atoms with Gasteiger partial charge in [-0.05, 0) is 25.1 Å². The Morgan fingerprint density at radius 1 is 1.53 bits per heavy atom. The van der Waals surface area contributed by atoms with Crippen molar-refractivity contribution in [2.24, 2.45) is 0 Å². The highest BCUT2D eigenvalue weighted by molar-refractivity contribution is 6.30. The van der Waals surface area contributed by atoms with E-state index in [-0.39, 0.29) is 5.82 Å². The third kappa shape index (κ3) is 2.84. The van der Waals surface area contributed by atoms with Crippen LogP contribution in [0, 0.1) is 5.82 Å². The van der Waals surface area contributed by atoms with Crippen molar-refractivity contribution in [3.05, 3.63) is 52.6 Å². The van der Waals surface area contributed by atoms with Crippen LogP contribution >= 0.6 is 11.6 Å². The summed E-state index contributed by atoms with van der Waals surface area (Å²) < 4.78 is 15.0. The Hall–Kier alpha value is -1.39. The first kappa shape index (κ1) is 12.1. The summed E-state index contributed by atoms with van der Waals surface area (Å²) in [7, 11) is 0. The minimum absolute atomic E-state index is 0.291. The zero-order valence-corrected chi connectivity index (χ0v) is 10.0. The summed E-state index contributed by atoms with van der Waals surface area (Å²) in [6, 6.07) is 4.40. The van der Waals surface area contributed by atoms with Crippen molar-refractivity contribution >= 4 is 11.6 Å². The molecule has 2 rings (SSSR count). The lowest BCUT2D eigenvalue weighted by Gasteiger charge is -2.04. The van der Waals surface area contributed by atoms with E-state index < -0.39 is 6.10 Å². The molecule has 0 aliphatic rings. The molecule has 3 nitrogen and oxygen atoms in total. The van der Waals surface area contributed by atoms with Crippen molar-refractivity contribution in [1.29, 1.82) is 0 Å². The molecule has 0 amide bonds. The van der Waals surface area contributed by atoms with Gasteiger partial charge in [0.25, 0.3) is 0 Å². The molecule has 0 aliphatic carbocycles. The average Bonchev–Trinajstić information content (AvgIpc) is 2.72. The predicted molar refractivity (Wildman–Crippen MR) is 63.4 cm³/mol. The number of hydrogen-bond donors (Lipinski definition) is 1. The van der Waals surface area contributed by atoms with Gasteiger partial charge in [-0.1, -0.05) is 11.6 Å². The maximum Gasteiger partial charge on any atom is 0.128 e. The van der Waals surface area contributed by atoms with Gasteiger partial charge in [0.05, 0.1) is 18.8 Å². The van der Waals surface area contributed by atoms with E-state index in [0.717, 1.165) is 0 Å². The number of nitrogens with zero attached hydrogens (tertiary/aromatic N) is 2. The number of hydrogen-bond acceptors (Lipinski definition) is 2. The van der Waals surface area contributed by atoms with Crippen molar-refractivity contribution in [3.8, 4) is 0 Å². The molecule has 2 aromatic rings. The second-order valence-electron chi connectivity index (χ2n) is 3.88. The van der Waals surface area contributed by atoms with E-state index in [1.807, 2.05) is 0 Å². The fourth-order valence-electron chi connectivity index (χ4n) is 1.52. The van der Waals surface area contributed by atoms with Crippen LogP contribution in [0.2, 0.25) is 5.02 Å². The highest BCUT2D eigenvalue weighted by Crippen LogP contribution is 2.17. The van der Waals surface area contributed by atoms with E-state index in [4.69, 9.17) is 11.6 Å². The molecule has 1 heterocycles. The lowest BCUT2D eigenvalue weighted by Crippen LogP contribution is -2.02. The normalized spacial score (nSPS) is 12.7. The van der Waals surface area contributed by atoms with Crippen LogP contribution in [0.25, 0.3) is 0 Å². The minimum Gasteiger partial charge on any atom is -0.389 e. The molecule has 0 spiro atoms. The molecule has 90 valence electrons. The molecular formula is C12H12ClFN2O. The SMILES string of the molecule is CC(O)c1cnn(Cc2cc(Cl)ccc2F)c1. The van der Waals surface area contributed by atoms with Crippen LogP contribution in [-0.2, 0) is 6.54 Å². The number of aromatic nitrogens is 2. The summed E-state index contributed by atoms with van der Waals surface area (Å²) in [5.41, 5.74) is 1.17. The van der Waals surface area contributed by atoms with Crippen molar-refractivity contribution in [2.45, 2.75) is 19.6 Å². The summed E-state index contributed by atoms with van der Waals surface area (Å²) in [5, 5.41) is 13.9. The Morgan fingerprint density at radius 3 is 2.94 bits per heavy atom. The van der Waals surface area contributed by atoms with Gasteiger partial charge >= 0.3 is 0 Å². The standard InChI is InChI=1S/C12H12ClFN2O/c1-8(17)10-5-15-16(7-10)6-9-4-11(13)2-3-12(9)14/h2-5,7-8,17H,6H2,1H3. The van der Waals surface area contributed by atoms with E-state index >= 15 is 0 Å². The van der Waals surface area contributed by atoms with Gasteiger partial charge in [-0.15, -0.1) is 0 Å². The molecular weight excluding hydrogens is 243 g/mol. The summed E-state index contributed by atoms with van der Waals surface area (Å²) in [6.07, 6.45) is 2.67. The van der Waals surface area contributed by atoms with Gasteiger partial charge < -0.3 is 5.11 Å². The van der Waals surface area contributed by atoms with Crippen molar-refractivity contribution in [1.82, 2.24) is 9.78 Å². The molecule has 5 heteroatoms. The molecule has 1 aromatic carbocycles. The molecule has 0 fully saturated rings. The Morgan fingerprint density at radius 2 is 2.29 bits per heavy atom. The molecule has 17 heavy (non-hydrogen) atoms.